The van der Waals surface area contributed by atoms with Crippen LogP contribution >= 0.6 is 0 Å². The zero-order valence-electron chi connectivity index (χ0n) is 10.1. The van der Waals surface area contributed by atoms with Gasteiger partial charge in [0.05, 0.1) is 12.2 Å². The molecular formula is C14H13N3O. The molecule has 90 valence electrons. The summed E-state index contributed by atoms with van der Waals surface area (Å²) >= 11 is 0. The summed E-state index contributed by atoms with van der Waals surface area (Å²) in [4.78, 5) is 4.15. The van der Waals surface area contributed by atoms with Crippen LogP contribution in [0.15, 0.2) is 42.6 Å². The van der Waals surface area contributed by atoms with Gasteiger partial charge in [0.15, 0.2) is 0 Å². The van der Waals surface area contributed by atoms with E-state index in [2.05, 4.69) is 16.4 Å². The molecule has 4 heteroatoms. The molecule has 1 aromatic carbocycles. The maximum atomic E-state index is 8.98. The fourth-order valence-corrected chi connectivity index (χ4v) is 1.56. The van der Waals surface area contributed by atoms with Crippen molar-refractivity contribution in [2.24, 2.45) is 0 Å². The minimum absolute atomic E-state index is 0.513. The van der Waals surface area contributed by atoms with Crippen LogP contribution in [0.25, 0.3) is 0 Å². The van der Waals surface area contributed by atoms with Crippen molar-refractivity contribution in [3.05, 3.63) is 48.2 Å². The number of nitrogens with one attached hydrogen (secondary N) is 1. The molecule has 1 aromatic heterocycles. The smallest absolute Gasteiger partial charge is 0.148 e. The molecule has 0 fully saturated rings. The van der Waals surface area contributed by atoms with E-state index in [9.17, 15) is 0 Å². The van der Waals surface area contributed by atoms with Crippen molar-refractivity contribution in [3.63, 3.8) is 0 Å². The SMILES string of the molecule is CCOc1cccc(Nc2ncccc2C#N)c1. The summed E-state index contributed by atoms with van der Waals surface area (Å²) in [5, 5.41) is 12.1. The predicted molar refractivity (Wildman–Crippen MR) is 69.8 cm³/mol. The van der Waals surface area contributed by atoms with Gasteiger partial charge in [-0.1, -0.05) is 6.07 Å². The molecular weight excluding hydrogens is 226 g/mol. The minimum Gasteiger partial charge on any atom is -0.494 e. The molecule has 0 radical (unpaired) electrons. The zero-order chi connectivity index (χ0) is 12.8. The Bertz CT molecular complexity index is 575. The first kappa shape index (κ1) is 11.9. The van der Waals surface area contributed by atoms with E-state index in [4.69, 9.17) is 10.00 Å². The summed E-state index contributed by atoms with van der Waals surface area (Å²) in [5.74, 6) is 1.34. The van der Waals surface area contributed by atoms with Crippen LogP contribution in [0.4, 0.5) is 11.5 Å². The average molecular weight is 239 g/mol. The largest absolute Gasteiger partial charge is 0.494 e. The third-order valence-corrected chi connectivity index (χ3v) is 2.34. The zero-order valence-corrected chi connectivity index (χ0v) is 10.1. The van der Waals surface area contributed by atoms with E-state index in [0.717, 1.165) is 11.4 Å². The topological polar surface area (TPSA) is 57.9 Å². The number of ether oxygens (including phenoxy) is 1. The van der Waals surface area contributed by atoms with Crippen molar-refractivity contribution >= 4 is 11.5 Å². The Morgan fingerprint density at radius 3 is 3.00 bits per heavy atom. The third kappa shape index (κ3) is 2.77. The van der Waals surface area contributed by atoms with Crippen LogP contribution < -0.4 is 10.1 Å². The van der Waals surface area contributed by atoms with E-state index in [1.54, 1.807) is 18.3 Å². The second-order valence-corrected chi connectivity index (χ2v) is 3.60. The number of nitriles is 1. The summed E-state index contributed by atoms with van der Waals surface area (Å²) in [7, 11) is 0. The molecule has 0 saturated carbocycles. The van der Waals surface area contributed by atoms with Gasteiger partial charge in [0.25, 0.3) is 0 Å². The van der Waals surface area contributed by atoms with E-state index < -0.39 is 0 Å². The maximum absolute atomic E-state index is 8.98. The summed E-state index contributed by atoms with van der Waals surface area (Å²) < 4.78 is 5.42. The van der Waals surface area contributed by atoms with Crippen molar-refractivity contribution in [1.29, 1.82) is 5.26 Å². The van der Waals surface area contributed by atoms with Gasteiger partial charge in [-0.2, -0.15) is 5.26 Å². The Balaban J connectivity index is 2.23. The molecule has 0 amide bonds. The van der Waals surface area contributed by atoms with Crippen LogP contribution in [0.3, 0.4) is 0 Å². The molecule has 18 heavy (non-hydrogen) atoms. The number of anilines is 2. The Labute approximate surface area is 106 Å². The number of nitrogens with zero attached hydrogens (tertiary/aromatic N) is 2. The highest BCUT2D eigenvalue weighted by molar-refractivity contribution is 5.63. The normalized spacial score (nSPS) is 9.56. The van der Waals surface area contributed by atoms with Gasteiger partial charge in [-0.3, -0.25) is 0 Å². The molecule has 4 nitrogen and oxygen atoms in total. The number of hydrogen-bond acceptors (Lipinski definition) is 4. The highest BCUT2D eigenvalue weighted by Gasteiger charge is 2.03. The summed E-state index contributed by atoms with van der Waals surface area (Å²) in [6, 6.07) is 13.1. The van der Waals surface area contributed by atoms with Gasteiger partial charge in [0.1, 0.15) is 17.6 Å². The van der Waals surface area contributed by atoms with E-state index >= 15 is 0 Å². The van der Waals surface area contributed by atoms with E-state index in [1.807, 2.05) is 31.2 Å². The molecule has 1 heterocycles. The first-order chi connectivity index (χ1) is 8.83. The van der Waals surface area contributed by atoms with Gasteiger partial charge in [-0.05, 0) is 31.2 Å². The van der Waals surface area contributed by atoms with Crippen LogP contribution in [0.2, 0.25) is 0 Å². The Morgan fingerprint density at radius 2 is 2.22 bits per heavy atom. The summed E-state index contributed by atoms with van der Waals surface area (Å²) in [6.07, 6.45) is 1.65. The molecule has 1 N–H and O–H groups in total. The Hall–Kier alpha value is -2.54. The van der Waals surface area contributed by atoms with Crippen molar-refractivity contribution in [2.45, 2.75) is 6.92 Å². The molecule has 0 atom stereocenters. The van der Waals surface area contributed by atoms with Gasteiger partial charge in [-0.15, -0.1) is 0 Å². The van der Waals surface area contributed by atoms with Gasteiger partial charge in [0.2, 0.25) is 0 Å². The van der Waals surface area contributed by atoms with Gasteiger partial charge in [0, 0.05) is 18.0 Å². The van der Waals surface area contributed by atoms with Crippen molar-refractivity contribution in [3.8, 4) is 11.8 Å². The molecule has 2 aromatic rings. The fourth-order valence-electron chi connectivity index (χ4n) is 1.56. The maximum Gasteiger partial charge on any atom is 0.148 e. The second kappa shape index (κ2) is 5.69. The van der Waals surface area contributed by atoms with Crippen LogP contribution in [-0.4, -0.2) is 11.6 Å². The number of aromatic nitrogens is 1. The van der Waals surface area contributed by atoms with Gasteiger partial charge >= 0.3 is 0 Å². The highest BCUT2D eigenvalue weighted by Crippen LogP contribution is 2.22. The van der Waals surface area contributed by atoms with E-state index in [-0.39, 0.29) is 0 Å². The molecule has 0 saturated heterocycles. The number of rotatable bonds is 4. The van der Waals surface area contributed by atoms with Gasteiger partial charge in [-0.25, -0.2) is 4.98 Å². The summed E-state index contributed by atoms with van der Waals surface area (Å²) in [5.41, 5.74) is 1.36. The van der Waals surface area contributed by atoms with Crippen LogP contribution in [-0.2, 0) is 0 Å². The van der Waals surface area contributed by atoms with Crippen molar-refractivity contribution < 1.29 is 4.74 Å². The van der Waals surface area contributed by atoms with Crippen LogP contribution in [0, 0.1) is 11.3 Å². The lowest BCUT2D eigenvalue weighted by atomic mass is 10.2. The predicted octanol–water partition coefficient (Wildman–Crippen LogP) is 3.10. The Morgan fingerprint density at radius 1 is 1.33 bits per heavy atom. The third-order valence-electron chi connectivity index (χ3n) is 2.34. The lowest BCUT2D eigenvalue weighted by Crippen LogP contribution is -1.97. The first-order valence-corrected chi connectivity index (χ1v) is 5.68. The monoisotopic (exact) mass is 239 g/mol. The Kier molecular flexibility index (Phi) is 3.77. The number of benzene rings is 1. The molecule has 0 aliphatic carbocycles. The van der Waals surface area contributed by atoms with Crippen molar-refractivity contribution in [1.82, 2.24) is 4.98 Å². The van der Waals surface area contributed by atoms with Crippen LogP contribution in [0.1, 0.15) is 12.5 Å². The standard InChI is InChI=1S/C14H13N3O/c1-2-18-13-7-3-6-12(9-13)17-14-11(10-15)5-4-8-16-14/h3-9H,2H2,1H3,(H,16,17). The number of hydrogen-bond donors (Lipinski definition) is 1. The quantitative estimate of drug-likeness (QED) is 0.890. The lowest BCUT2D eigenvalue weighted by Gasteiger charge is -2.09. The molecule has 0 bridgehead atoms. The highest BCUT2D eigenvalue weighted by atomic mass is 16.5. The molecule has 0 aliphatic heterocycles. The molecule has 0 unspecified atom stereocenters. The second-order valence-electron chi connectivity index (χ2n) is 3.60. The fraction of sp³-hybridized carbons (Fsp3) is 0.143. The summed E-state index contributed by atoms with van der Waals surface area (Å²) in [6.45, 7) is 2.56. The van der Waals surface area contributed by atoms with E-state index in [1.165, 1.54) is 0 Å². The molecule has 0 spiro atoms. The molecule has 0 aliphatic rings. The van der Waals surface area contributed by atoms with Crippen molar-refractivity contribution in [2.75, 3.05) is 11.9 Å². The minimum atomic E-state index is 0.513. The first-order valence-electron chi connectivity index (χ1n) is 5.68. The van der Waals surface area contributed by atoms with Crippen LogP contribution in [0.5, 0.6) is 5.75 Å². The molecule has 2 rings (SSSR count). The number of pyridine rings is 1. The average Bonchev–Trinajstić information content (AvgIpc) is 2.40. The van der Waals surface area contributed by atoms with E-state index in [0.29, 0.717) is 18.0 Å². The van der Waals surface area contributed by atoms with Gasteiger partial charge < -0.3 is 10.1 Å². The lowest BCUT2D eigenvalue weighted by molar-refractivity contribution is 0.340.